The van der Waals surface area contributed by atoms with Crippen molar-refractivity contribution in [3.05, 3.63) is 35.4 Å². The van der Waals surface area contributed by atoms with Crippen molar-refractivity contribution in [1.29, 1.82) is 0 Å². The van der Waals surface area contributed by atoms with Gasteiger partial charge < -0.3 is 15.7 Å². The minimum Gasteiger partial charge on any atom is -0.385 e. The summed E-state index contributed by atoms with van der Waals surface area (Å²) in [4.78, 5) is 11.5. The van der Waals surface area contributed by atoms with E-state index in [1.165, 1.54) is 6.07 Å². The van der Waals surface area contributed by atoms with E-state index >= 15 is 0 Å². The van der Waals surface area contributed by atoms with Gasteiger partial charge in [-0.3, -0.25) is 4.79 Å². The standard InChI is InChI=1S/C12H14F2N2O2/c13-9-2-1-8(3-10(9)14)4-11(17)16-7-12(18)5-15-6-12/h1-3,15,18H,4-7H2,(H,16,17). The van der Waals surface area contributed by atoms with E-state index < -0.39 is 17.2 Å². The number of rotatable bonds is 4. The molecule has 0 unspecified atom stereocenters. The molecule has 0 bridgehead atoms. The Kier molecular flexibility index (Phi) is 3.58. The van der Waals surface area contributed by atoms with Crippen LogP contribution in [0.15, 0.2) is 18.2 Å². The van der Waals surface area contributed by atoms with Gasteiger partial charge in [-0.15, -0.1) is 0 Å². The molecule has 4 nitrogen and oxygen atoms in total. The van der Waals surface area contributed by atoms with Crippen molar-refractivity contribution in [2.24, 2.45) is 0 Å². The van der Waals surface area contributed by atoms with Gasteiger partial charge in [0.1, 0.15) is 5.60 Å². The molecule has 98 valence electrons. The Bertz CT molecular complexity index is 461. The first-order chi connectivity index (χ1) is 8.48. The number of β-amino-alcohol motifs (C(OH)–C–C–N with tert-alkyl or cyclic N) is 1. The fraction of sp³-hybridized carbons (Fsp3) is 0.417. The van der Waals surface area contributed by atoms with Crippen molar-refractivity contribution in [3.63, 3.8) is 0 Å². The van der Waals surface area contributed by atoms with E-state index in [0.717, 1.165) is 12.1 Å². The minimum atomic E-state index is -0.970. The minimum absolute atomic E-state index is 0.0410. The molecule has 0 atom stereocenters. The zero-order valence-corrected chi connectivity index (χ0v) is 9.67. The van der Waals surface area contributed by atoms with Gasteiger partial charge in [-0.1, -0.05) is 6.07 Å². The topological polar surface area (TPSA) is 61.4 Å². The third-order valence-electron chi connectivity index (χ3n) is 2.87. The van der Waals surface area contributed by atoms with E-state index in [4.69, 9.17) is 0 Å². The van der Waals surface area contributed by atoms with Crippen molar-refractivity contribution < 1.29 is 18.7 Å². The van der Waals surface area contributed by atoms with Crippen LogP contribution in [0.25, 0.3) is 0 Å². The fourth-order valence-corrected chi connectivity index (χ4v) is 1.70. The van der Waals surface area contributed by atoms with Crippen LogP contribution in [0.2, 0.25) is 0 Å². The van der Waals surface area contributed by atoms with Gasteiger partial charge in [-0.2, -0.15) is 0 Å². The summed E-state index contributed by atoms with van der Waals surface area (Å²) in [6, 6.07) is 3.34. The number of carbonyl (C=O) groups excluding carboxylic acids is 1. The molecule has 0 radical (unpaired) electrons. The number of hydrogen-bond acceptors (Lipinski definition) is 3. The second-order valence-electron chi connectivity index (χ2n) is 4.53. The molecule has 1 aliphatic heterocycles. The molecule has 1 heterocycles. The van der Waals surface area contributed by atoms with Gasteiger partial charge in [-0.25, -0.2) is 8.78 Å². The van der Waals surface area contributed by atoms with Gasteiger partial charge >= 0.3 is 0 Å². The highest BCUT2D eigenvalue weighted by Crippen LogP contribution is 2.10. The van der Waals surface area contributed by atoms with Crippen molar-refractivity contribution in [1.82, 2.24) is 10.6 Å². The quantitative estimate of drug-likeness (QED) is 0.708. The Morgan fingerprint density at radius 2 is 2.11 bits per heavy atom. The lowest BCUT2D eigenvalue weighted by Crippen LogP contribution is -2.64. The molecule has 1 aromatic rings. The predicted octanol–water partition coefficient (Wildman–Crippen LogP) is -0.0422. The molecule has 2 rings (SSSR count). The average Bonchev–Trinajstić information content (AvgIpc) is 2.29. The lowest BCUT2D eigenvalue weighted by atomic mass is 9.97. The number of nitrogens with one attached hydrogen (secondary N) is 2. The van der Waals surface area contributed by atoms with Gasteiger partial charge in [0.25, 0.3) is 0 Å². The number of carbonyl (C=O) groups is 1. The Hall–Kier alpha value is -1.53. The molecule has 6 heteroatoms. The molecular formula is C12H14F2N2O2. The maximum atomic E-state index is 12.9. The van der Waals surface area contributed by atoms with Crippen LogP contribution in [0.5, 0.6) is 0 Å². The summed E-state index contributed by atoms with van der Waals surface area (Å²) in [5.74, 6) is -2.24. The summed E-state index contributed by atoms with van der Waals surface area (Å²) < 4.78 is 25.6. The highest BCUT2D eigenvalue weighted by molar-refractivity contribution is 5.78. The molecule has 3 N–H and O–H groups in total. The van der Waals surface area contributed by atoms with Gasteiger partial charge in [0, 0.05) is 19.6 Å². The summed E-state index contributed by atoms with van der Waals surface area (Å²) in [7, 11) is 0. The molecule has 0 aromatic heterocycles. The van der Waals surface area contributed by atoms with E-state index in [0.29, 0.717) is 18.7 Å². The molecule has 0 saturated carbocycles. The van der Waals surface area contributed by atoms with Gasteiger partial charge in [-0.05, 0) is 17.7 Å². The highest BCUT2D eigenvalue weighted by Gasteiger charge is 2.34. The molecule has 0 spiro atoms. The summed E-state index contributed by atoms with van der Waals surface area (Å²) in [5, 5.41) is 15.2. The maximum absolute atomic E-state index is 12.9. The van der Waals surface area contributed by atoms with Gasteiger partial charge in [0.2, 0.25) is 5.91 Å². The van der Waals surface area contributed by atoms with Crippen LogP contribution < -0.4 is 10.6 Å². The number of hydrogen-bond donors (Lipinski definition) is 3. The van der Waals surface area contributed by atoms with Crippen molar-refractivity contribution >= 4 is 5.91 Å². The molecule has 0 aliphatic carbocycles. The molecule has 1 aliphatic rings. The summed E-state index contributed by atoms with van der Waals surface area (Å²) >= 11 is 0. The maximum Gasteiger partial charge on any atom is 0.224 e. The van der Waals surface area contributed by atoms with Crippen molar-refractivity contribution in [3.8, 4) is 0 Å². The Morgan fingerprint density at radius 1 is 1.39 bits per heavy atom. The smallest absolute Gasteiger partial charge is 0.224 e. The first kappa shape index (κ1) is 12.9. The first-order valence-electron chi connectivity index (χ1n) is 5.62. The summed E-state index contributed by atoms with van der Waals surface area (Å²) in [6.07, 6.45) is -0.0410. The third kappa shape index (κ3) is 3.02. The molecule has 1 fully saturated rings. The SMILES string of the molecule is O=C(Cc1ccc(F)c(F)c1)NCC1(O)CNC1. The van der Waals surface area contributed by atoms with Crippen LogP contribution in [-0.2, 0) is 11.2 Å². The number of amides is 1. The molecular weight excluding hydrogens is 242 g/mol. The Balaban J connectivity index is 1.85. The predicted molar refractivity (Wildman–Crippen MR) is 60.9 cm³/mol. The van der Waals surface area contributed by atoms with E-state index in [-0.39, 0.29) is 18.9 Å². The third-order valence-corrected chi connectivity index (χ3v) is 2.87. The molecule has 1 aromatic carbocycles. The number of aliphatic hydroxyl groups is 1. The van der Waals surface area contributed by atoms with Crippen LogP contribution in [0, 0.1) is 11.6 Å². The Labute approximate surface area is 103 Å². The van der Waals surface area contributed by atoms with E-state index in [2.05, 4.69) is 10.6 Å². The largest absolute Gasteiger partial charge is 0.385 e. The van der Waals surface area contributed by atoms with Gasteiger partial charge in [0.15, 0.2) is 11.6 Å². The monoisotopic (exact) mass is 256 g/mol. The van der Waals surface area contributed by atoms with Crippen LogP contribution in [0.3, 0.4) is 0 Å². The summed E-state index contributed by atoms with van der Waals surface area (Å²) in [5.41, 5.74) is -0.492. The average molecular weight is 256 g/mol. The highest BCUT2D eigenvalue weighted by atomic mass is 19.2. The van der Waals surface area contributed by atoms with E-state index in [9.17, 15) is 18.7 Å². The molecule has 18 heavy (non-hydrogen) atoms. The van der Waals surface area contributed by atoms with Crippen LogP contribution in [-0.4, -0.2) is 36.2 Å². The number of halogens is 2. The zero-order chi connectivity index (χ0) is 13.2. The summed E-state index contributed by atoms with van der Waals surface area (Å²) in [6.45, 7) is 1.04. The molecule has 1 saturated heterocycles. The zero-order valence-electron chi connectivity index (χ0n) is 9.67. The van der Waals surface area contributed by atoms with E-state index in [1.54, 1.807) is 0 Å². The van der Waals surface area contributed by atoms with Gasteiger partial charge in [0.05, 0.1) is 6.42 Å². The molecule has 1 amide bonds. The lowest BCUT2D eigenvalue weighted by Gasteiger charge is -2.37. The second kappa shape index (κ2) is 4.99. The Morgan fingerprint density at radius 3 is 2.67 bits per heavy atom. The first-order valence-corrected chi connectivity index (χ1v) is 5.62. The normalized spacial score (nSPS) is 17.1. The van der Waals surface area contributed by atoms with Crippen molar-refractivity contribution in [2.45, 2.75) is 12.0 Å². The van der Waals surface area contributed by atoms with Crippen LogP contribution in [0.1, 0.15) is 5.56 Å². The lowest BCUT2D eigenvalue weighted by molar-refractivity contribution is -0.122. The van der Waals surface area contributed by atoms with Crippen molar-refractivity contribution in [2.75, 3.05) is 19.6 Å². The van der Waals surface area contributed by atoms with E-state index in [1.807, 2.05) is 0 Å². The van der Waals surface area contributed by atoms with Crippen LogP contribution >= 0.6 is 0 Å². The second-order valence-corrected chi connectivity index (χ2v) is 4.53. The number of benzene rings is 1. The van der Waals surface area contributed by atoms with Crippen LogP contribution in [0.4, 0.5) is 8.78 Å². The fourth-order valence-electron chi connectivity index (χ4n) is 1.70.